The summed E-state index contributed by atoms with van der Waals surface area (Å²) in [5.74, 6) is -0.975. The number of likely N-dealkylation sites (tertiary alicyclic amines) is 1. The average Bonchev–Trinajstić information content (AvgIpc) is 3.44. The molecule has 1 N–H and O–H groups in total. The van der Waals surface area contributed by atoms with Crippen molar-refractivity contribution in [1.29, 1.82) is 0 Å². The van der Waals surface area contributed by atoms with Crippen LogP contribution in [0.4, 0.5) is 0 Å². The number of Topliss-reactive ketones (excluding diaryl/α,β-unsaturated/α-hetero) is 1. The van der Waals surface area contributed by atoms with Crippen molar-refractivity contribution in [2.75, 3.05) is 48.5 Å². The zero-order valence-electron chi connectivity index (χ0n) is 23.1. The Morgan fingerprint density at radius 2 is 1.67 bits per heavy atom. The van der Waals surface area contributed by atoms with E-state index in [1.165, 1.54) is 37.3 Å². The molecule has 1 amide bonds. The Hall–Kier alpha value is -4.31. The van der Waals surface area contributed by atoms with Crippen molar-refractivity contribution in [1.82, 2.24) is 14.7 Å². The summed E-state index contributed by atoms with van der Waals surface area (Å²) in [6, 6.07) is 11.8. The predicted octanol–water partition coefficient (Wildman–Crippen LogP) is 0.965. The number of rotatable bonds is 10. The molecule has 0 radical (unpaired) electrons. The molecule has 10 heteroatoms. The van der Waals surface area contributed by atoms with Crippen molar-refractivity contribution in [3.63, 3.8) is 0 Å². The number of benzene rings is 2. The minimum absolute atomic E-state index is 0.123. The third-order valence-electron chi connectivity index (χ3n) is 6.86. The fourth-order valence-corrected chi connectivity index (χ4v) is 4.92. The molecule has 206 valence electrons. The minimum atomic E-state index is -0.928. The Labute approximate surface area is 228 Å². The first-order valence-corrected chi connectivity index (χ1v) is 12.7. The van der Waals surface area contributed by atoms with E-state index in [2.05, 4.69) is 5.10 Å². The molecular weight excluding hydrogens is 500 g/mol. The third kappa shape index (κ3) is 5.20. The zero-order valence-corrected chi connectivity index (χ0v) is 23.1. The molecule has 2 aromatic carbocycles. The maximum Gasteiger partial charge on any atom is 0.295 e. The number of carbonyl (C=O) groups excluding carboxylic acids is 2. The molecule has 10 nitrogen and oxygen atoms in total. The lowest BCUT2D eigenvalue weighted by Gasteiger charge is -2.28. The summed E-state index contributed by atoms with van der Waals surface area (Å²) in [6.07, 6.45) is 2.09. The second kappa shape index (κ2) is 11.6. The van der Waals surface area contributed by atoms with Gasteiger partial charge in [0.05, 0.1) is 59.9 Å². The van der Waals surface area contributed by atoms with Gasteiger partial charge in [-0.05, 0) is 36.8 Å². The summed E-state index contributed by atoms with van der Waals surface area (Å²) in [5, 5.41) is 18.4. The molecule has 1 atom stereocenters. The number of aromatic nitrogens is 2. The number of ketones is 1. The van der Waals surface area contributed by atoms with Crippen LogP contribution in [-0.2, 0) is 9.59 Å². The SMILES string of the molecule is COc1cc(C2/C(=C(\[O-])c3cnn(-c4ccccc4)c3C)C(=O)C(=O)N2CCC[NH+](C)C)cc(OC)c1OC. The number of methoxy groups -OCH3 is 3. The van der Waals surface area contributed by atoms with Crippen LogP contribution < -0.4 is 24.2 Å². The van der Waals surface area contributed by atoms with E-state index in [0.29, 0.717) is 41.5 Å². The van der Waals surface area contributed by atoms with Crippen LogP contribution in [0.3, 0.4) is 0 Å². The fraction of sp³-hybridized carbons (Fsp3) is 0.345. The molecule has 1 fully saturated rings. The zero-order chi connectivity index (χ0) is 28.3. The van der Waals surface area contributed by atoms with Gasteiger partial charge in [-0.15, -0.1) is 0 Å². The number of ether oxygens (including phenoxy) is 3. The Morgan fingerprint density at radius 3 is 2.23 bits per heavy atom. The van der Waals surface area contributed by atoms with Crippen LogP contribution in [0.15, 0.2) is 54.2 Å². The van der Waals surface area contributed by atoms with Crippen LogP contribution in [0.2, 0.25) is 0 Å². The number of carbonyl (C=O) groups is 2. The molecule has 1 aliphatic heterocycles. The van der Waals surface area contributed by atoms with Gasteiger partial charge in [0.25, 0.3) is 5.91 Å². The number of nitrogens with one attached hydrogen (secondary N) is 1. The van der Waals surface area contributed by atoms with Gasteiger partial charge in [-0.25, -0.2) is 4.68 Å². The Bertz CT molecular complexity index is 1370. The maximum absolute atomic E-state index is 14.0. The van der Waals surface area contributed by atoms with Crippen LogP contribution in [0.5, 0.6) is 17.2 Å². The van der Waals surface area contributed by atoms with Gasteiger partial charge in [0, 0.05) is 29.8 Å². The molecule has 39 heavy (non-hydrogen) atoms. The molecule has 1 aliphatic rings. The van der Waals surface area contributed by atoms with Gasteiger partial charge < -0.3 is 29.1 Å². The predicted molar refractivity (Wildman–Crippen MR) is 143 cm³/mol. The van der Waals surface area contributed by atoms with Crippen molar-refractivity contribution in [2.24, 2.45) is 0 Å². The Balaban J connectivity index is 1.90. The van der Waals surface area contributed by atoms with Crippen LogP contribution in [-0.4, -0.2) is 74.9 Å². The topological polar surface area (TPSA) is 110 Å². The second-order valence-corrected chi connectivity index (χ2v) is 9.63. The maximum atomic E-state index is 14.0. The highest BCUT2D eigenvalue weighted by atomic mass is 16.5. The lowest BCUT2D eigenvalue weighted by Crippen LogP contribution is -3.05. The number of nitrogens with zero attached hydrogens (tertiary/aromatic N) is 3. The molecule has 0 spiro atoms. The second-order valence-electron chi connectivity index (χ2n) is 9.63. The molecule has 0 saturated carbocycles. The lowest BCUT2D eigenvalue weighted by atomic mass is 9.94. The molecule has 4 rings (SSSR count). The minimum Gasteiger partial charge on any atom is -0.872 e. The monoisotopic (exact) mass is 534 g/mol. The van der Waals surface area contributed by atoms with Crippen LogP contribution >= 0.6 is 0 Å². The number of amides is 1. The summed E-state index contributed by atoms with van der Waals surface area (Å²) in [6.45, 7) is 2.85. The number of hydrogen-bond donors (Lipinski definition) is 1. The fourth-order valence-electron chi connectivity index (χ4n) is 4.92. The molecule has 2 heterocycles. The van der Waals surface area contributed by atoms with E-state index in [9.17, 15) is 14.7 Å². The quantitative estimate of drug-likeness (QED) is 0.234. The van der Waals surface area contributed by atoms with Gasteiger partial charge in [0.2, 0.25) is 11.5 Å². The van der Waals surface area contributed by atoms with Gasteiger partial charge in [0.15, 0.2) is 11.5 Å². The molecule has 0 bridgehead atoms. The third-order valence-corrected chi connectivity index (χ3v) is 6.86. The van der Waals surface area contributed by atoms with E-state index >= 15 is 0 Å². The largest absolute Gasteiger partial charge is 0.872 e. The van der Waals surface area contributed by atoms with E-state index < -0.39 is 23.5 Å². The van der Waals surface area contributed by atoms with Crippen molar-refractivity contribution >= 4 is 17.4 Å². The average molecular weight is 535 g/mol. The normalized spacial score (nSPS) is 16.7. The molecular formula is C29H34N4O6. The number of para-hydroxylation sites is 1. The van der Waals surface area contributed by atoms with E-state index in [1.807, 2.05) is 44.4 Å². The van der Waals surface area contributed by atoms with Crippen LogP contribution in [0.1, 0.15) is 29.3 Å². The smallest absolute Gasteiger partial charge is 0.295 e. The van der Waals surface area contributed by atoms with Gasteiger partial charge in [-0.2, -0.15) is 5.10 Å². The van der Waals surface area contributed by atoms with Crippen LogP contribution in [0.25, 0.3) is 11.4 Å². The van der Waals surface area contributed by atoms with Gasteiger partial charge in [-0.1, -0.05) is 24.0 Å². The summed E-state index contributed by atoms with van der Waals surface area (Å²) in [4.78, 5) is 29.5. The first-order valence-electron chi connectivity index (χ1n) is 12.7. The van der Waals surface area contributed by atoms with Crippen molar-refractivity contribution < 1.29 is 33.8 Å². The van der Waals surface area contributed by atoms with E-state index in [4.69, 9.17) is 14.2 Å². The van der Waals surface area contributed by atoms with E-state index in [1.54, 1.807) is 23.7 Å². The summed E-state index contributed by atoms with van der Waals surface area (Å²) < 4.78 is 18.2. The summed E-state index contributed by atoms with van der Waals surface area (Å²) in [7, 11) is 8.50. The summed E-state index contributed by atoms with van der Waals surface area (Å²) in [5.41, 5.74) is 1.99. The van der Waals surface area contributed by atoms with Crippen LogP contribution in [0, 0.1) is 6.92 Å². The first kappa shape index (κ1) is 27.7. The highest BCUT2D eigenvalue weighted by molar-refractivity contribution is 6.46. The van der Waals surface area contributed by atoms with E-state index in [0.717, 1.165) is 12.2 Å². The van der Waals surface area contributed by atoms with Gasteiger partial charge >= 0.3 is 0 Å². The summed E-state index contributed by atoms with van der Waals surface area (Å²) >= 11 is 0. The molecule has 3 aromatic rings. The van der Waals surface area contributed by atoms with Gasteiger partial charge in [0.1, 0.15) is 0 Å². The molecule has 0 aliphatic carbocycles. The Morgan fingerprint density at radius 1 is 1.03 bits per heavy atom. The lowest BCUT2D eigenvalue weighted by molar-refractivity contribution is -0.858. The molecule has 1 saturated heterocycles. The molecule has 1 aromatic heterocycles. The first-order chi connectivity index (χ1) is 18.7. The molecule has 1 unspecified atom stereocenters. The highest BCUT2D eigenvalue weighted by Crippen LogP contribution is 2.45. The van der Waals surface area contributed by atoms with Crippen molar-refractivity contribution in [3.8, 4) is 22.9 Å². The Kier molecular flexibility index (Phi) is 8.25. The van der Waals surface area contributed by atoms with Crippen molar-refractivity contribution in [3.05, 3.63) is 71.1 Å². The van der Waals surface area contributed by atoms with E-state index in [-0.39, 0.29) is 11.1 Å². The van der Waals surface area contributed by atoms with Crippen molar-refractivity contribution in [2.45, 2.75) is 19.4 Å². The highest BCUT2D eigenvalue weighted by Gasteiger charge is 2.44. The number of quaternary nitrogens is 1. The standard InChI is InChI=1S/C29H34N4O6/c1-18-21(17-30-33(18)20-11-8-7-9-12-20)26(34)24-25(32(29(36)27(24)35)14-10-13-31(2)3)19-15-22(37-4)28(39-6)23(16-19)38-5/h7-9,11-12,15-17,25,34H,10,13-14H2,1-6H3/b26-24+. The van der Waals surface area contributed by atoms with Gasteiger partial charge in [-0.3, -0.25) is 9.59 Å². The number of hydrogen-bond acceptors (Lipinski definition) is 7.